The smallest absolute Gasteiger partial charge is 0.328 e. The number of hydrogen-bond acceptors (Lipinski definition) is 9. The molecule has 0 saturated heterocycles. The predicted octanol–water partition coefficient (Wildman–Crippen LogP) is 1.27. The highest BCUT2D eigenvalue weighted by Crippen LogP contribution is 2.66. The molecule has 3 saturated carbocycles. The molecule has 5 unspecified atom stereocenters. The van der Waals surface area contributed by atoms with Crippen LogP contribution in [0.1, 0.15) is 78.6 Å². The van der Waals surface area contributed by atoms with Crippen LogP contribution < -0.4 is 5.32 Å². The van der Waals surface area contributed by atoms with Gasteiger partial charge in [-0.2, -0.15) is 0 Å². The van der Waals surface area contributed by atoms with Crippen molar-refractivity contribution >= 4 is 35.2 Å². The van der Waals surface area contributed by atoms with Gasteiger partial charge in [-0.25, -0.2) is 4.79 Å². The first-order valence-electron chi connectivity index (χ1n) is 14.0. The highest BCUT2D eigenvalue weighted by Gasteiger charge is 2.68. The summed E-state index contributed by atoms with van der Waals surface area (Å²) in [6, 6.07) is -1.52. The van der Waals surface area contributed by atoms with Crippen LogP contribution >= 0.6 is 0 Å². The molecular weight excluding hydrogens is 522 g/mol. The maximum Gasteiger partial charge on any atom is 0.328 e. The van der Waals surface area contributed by atoms with Crippen LogP contribution in [0.2, 0.25) is 0 Å². The molecular formula is C29H39NO10. The molecule has 4 rings (SSSR count). The van der Waals surface area contributed by atoms with Crippen molar-refractivity contribution in [2.24, 2.45) is 28.6 Å². The van der Waals surface area contributed by atoms with Crippen molar-refractivity contribution in [3.8, 4) is 0 Å². The lowest BCUT2D eigenvalue weighted by Crippen LogP contribution is -2.61. The molecule has 8 atom stereocenters. The summed E-state index contributed by atoms with van der Waals surface area (Å²) >= 11 is 0. The summed E-state index contributed by atoms with van der Waals surface area (Å²) < 4.78 is 5.07. The second-order valence-corrected chi connectivity index (χ2v) is 12.5. The quantitative estimate of drug-likeness (QED) is 0.299. The predicted molar refractivity (Wildman–Crippen MR) is 138 cm³/mol. The van der Waals surface area contributed by atoms with Gasteiger partial charge in [0.15, 0.2) is 18.4 Å². The average molecular weight is 562 g/mol. The highest BCUT2D eigenvalue weighted by molar-refractivity contribution is 5.95. The first kappa shape index (κ1) is 30.0. The van der Waals surface area contributed by atoms with Crippen LogP contribution in [-0.4, -0.2) is 74.9 Å². The third-order valence-electron chi connectivity index (χ3n) is 10.3. The van der Waals surface area contributed by atoms with E-state index in [2.05, 4.69) is 12.2 Å². The number of carbonyl (C=O) groups excluding carboxylic acids is 5. The van der Waals surface area contributed by atoms with Gasteiger partial charge in [0.05, 0.1) is 12.5 Å². The number of nitrogens with one attached hydrogen (secondary N) is 1. The molecule has 0 aromatic carbocycles. The van der Waals surface area contributed by atoms with E-state index < -0.39 is 66.2 Å². The minimum Gasteiger partial charge on any atom is -0.480 e. The average Bonchev–Trinajstić information content (AvgIpc) is 3.15. The number of allylic oxidation sites excluding steroid dienone is 1. The fraction of sp³-hybridized carbons (Fsp3) is 0.724. The third kappa shape index (κ3) is 5.02. The Labute approximate surface area is 232 Å². The second kappa shape index (κ2) is 10.8. The maximum absolute atomic E-state index is 13.7. The van der Waals surface area contributed by atoms with Crippen molar-refractivity contribution in [3.05, 3.63) is 11.6 Å². The van der Waals surface area contributed by atoms with E-state index >= 15 is 0 Å². The number of carbonyl (C=O) groups is 6. The summed E-state index contributed by atoms with van der Waals surface area (Å²) in [5.41, 5.74) is -2.21. The first-order valence-corrected chi connectivity index (χ1v) is 14.0. The van der Waals surface area contributed by atoms with E-state index in [0.717, 1.165) is 5.57 Å². The minimum atomic E-state index is -1.85. The van der Waals surface area contributed by atoms with Crippen LogP contribution in [0, 0.1) is 28.6 Å². The summed E-state index contributed by atoms with van der Waals surface area (Å²) in [5, 5.41) is 32.3. The topological polar surface area (TPSA) is 184 Å². The van der Waals surface area contributed by atoms with Crippen LogP contribution in [-0.2, 0) is 33.5 Å². The first-order chi connectivity index (χ1) is 18.6. The highest BCUT2D eigenvalue weighted by atomic mass is 16.5. The number of fused-ring (bicyclic) bond motifs is 5. The fourth-order valence-electron chi connectivity index (χ4n) is 8.03. The van der Waals surface area contributed by atoms with Gasteiger partial charge in [0.2, 0.25) is 11.7 Å². The SMILES string of the molecule is CC(O)C(NC(=O)CCC(=O)OCC(=O)[C@@]1(O)CCC2C3CCC4=CC(=O)CC[C@]4(C)C3C(=O)C[C@@]21C)C(=O)O. The Morgan fingerprint density at radius 3 is 2.45 bits per heavy atom. The fourth-order valence-corrected chi connectivity index (χ4v) is 8.03. The Hall–Kier alpha value is -2.92. The van der Waals surface area contributed by atoms with Gasteiger partial charge in [-0.15, -0.1) is 0 Å². The number of aliphatic hydroxyl groups excluding tert-OH is 1. The summed E-state index contributed by atoms with van der Waals surface area (Å²) in [6.45, 7) is 4.35. The van der Waals surface area contributed by atoms with Gasteiger partial charge >= 0.3 is 11.9 Å². The van der Waals surface area contributed by atoms with Crippen LogP contribution in [0.15, 0.2) is 11.6 Å². The number of amides is 1. The molecule has 0 bridgehead atoms. The summed E-state index contributed by atoms with van der Waals surface area (Å²) in [7, 11) is 0. The molecule has 220 valence electrons. The van der Waals surface area contributed by atoms with Crippen LogP contribution in [0.25, 0.3) is 0 Å². The van der Waals surface area contributed by atoms with Crippen molar-refractivity contribution < 1.29 is 48.8 Å². The lowest BCUT2D eigenvalue weighted by molar-refractivity contribution is -0.173. The summed E-state index contributed by atoms with van der Waals surface area (Å²) in [6.07, 6.45) is 2.73. The lowest BCUT2D eigenvalue weighted by Gasteiger charge is -2.57. The second-order valence-electron chi connectivity index (χ2n) is 12.5. The van der Waals surface area contributed by atoms with Crippen molar-refractivity contribution in [1.82, 2.24) is 5.32 Å². The molecule has 0 aliphatic heterocycles. The van der Waals surface area contributed by atoms with E-state index in [0.29, 0.717) is 32.1 Å². The number of ketones is 3. The molecule has 0 spiro atoms. The Morgan fingerprint density at radius 2 is 1.80 bits per heavy atom. The number of aliphatic carboxylic acids is 1. The minimum absolute atomic E-state index is 0.000746. The number of aliphatic hydroxyl groups is 2. The molecule has 0 heterocycles. The molecule has 11 nitrogen and oxygen atoms in total. The zero-order valence-corrected chi connectivity index (χ0v) is 23.2. The molecule has 4 N–H and O–H groups in total. The van der Waals surface area contributed by atoms with E-state index in [4.69, 9.17) is 9.84 Å². The number of carboxylic acids is 1. The van der Waals surface area contributed by atoms with E-state index in [1.807, 2.05) is 0 Å². The zero-order valence-electron chi connectivity index (χ0n) is 23.2. The van der Waals surface area contributed by atoms with Crippen LogP contribution in [0.3, 0.4) is 0 Å². The van der Waals surface area contributed by atoms with E-state index in [1.54, 1.807) is 13.0 Å². The number of carboxylic acid groups (broad SMARTS) is 1. The van der Waals surface area contributed by atoms with Gasteiger partial charge in [-0.05, 0) is 62.4 Å². The molecule has 4 aliphatic carbocycles. The summed E-state index contributed by atoms with van der Waals surface area (Å²) in [5.74, 6) is -4.01. The van der Waals surface area contributed by atoms with E-state index in [1.165, 1.54) is 6.92 Å². The molecule has 3 fully saturated rings. The Morgan fingerprint density at radius 1 is 1.10 bits per heavy atom. The van der Waals surface area contributed by atoms with Gasteiger partial charge < -0.3 is 25.4 Å². The normalized spacial score (nSPS) is 36.3. The molecule has 0 aromatic rings. The molecule has 11 heteroatoms. The van der Waals surface area contributed by atoms with Crippen molar-refractivity contribution in [2.75, 3.05) is 6.61 Å². The Balaban J connectivity index is 1.38. The molecule has 40 heavy (non-hydrogen) atoms. The van der Waals surface area contributed by atoms with E-state index in [9.17, 15) is 39.0 Å². The Bertz CT molecular complexity index is 1160. The molecule has 1 amide bonds. The standard InChI is InChI=1S/C29H39NO10/c1-15(31)25(26(37)38)30-22(35)6-7-23(36)40-14-21(34)29(39)11-9-19-18-5-4-16-12-17(32)8-10-27(16,2)24(18)20(33)13-28(19,29)3/h12,15,18-19,24-25,31,39H,4-11,13-14H2,1-3H3,(H,30,35)(H,37,38)/t15?,18?,19?,24?,25?,27-,28-,29-/m0/s1. The number of esters is 1. The monoisotopic (exact) mass is 561 g/mol. The largest absolute Gasteiger partial charge is 0.480 e. The van der Waals surface area contributed by atoms with Gasteiger partial charge in [0.1, 0.15) is 11.4 Å². The third-order valence-corrected chi connectivity index (χ3v) is 10.3. The van der Waals surface area contributed by atoms with Crippen molar-refractivity contribution in [2.45, 2.75) is 96.3 Å². The molecule has 4 aliphatic rings. The molecule has 0 radical (unpaired) electrons. The van der Waals surface area contributed by atoms with Crippen LogP contribution in [0.4, 0.5) is 0 Å². The number of rotatable bonds is 9. The number of ether oxygens (including phenoxy) is 1. The summed E-state index contributed by atoms with van der Waals surface area (Å²) in [4.78, 5) is 74.4. The Kier molecular flexibility index (Phi) is 8.12. The zero-order chi connectivity index (χ0) is 29.6. The van der Waals surface area contributed by atoms with Gasteiger partial charge in [-0.1, -0.05) is 19.4 Å². The number of hydrogen-bond donors (Lipinski definition) is 4. The van der Waals surface area contributed by atoms with Crippen molar-refractivity contribution in [1.29, 1.82) is 0 Å². The number of Topliss-reactive ketones (excluding diaryl/α,β-unsaturated/α-hetero) is 2. The van der Waals surface area contributed by atoms with Gasteiger partial charge in [-0.3, -0.25) is 24.0 Å². The maximum atomic E-state index is 13.7. The van der Waals surface area contributed by atoms with Crippen LogP contribution in [0.5, 0.6) is 0 Å². The van der Waals surface area contributed by atoms with Crippen molar-refractivity contribution in [3.63, 3.8) is 0 Å². The van der Waals surface area contributed by atoms with Gasteiger partial charge in [0.25, 0.3) is 0 Å². The molecule has 0 aromatic heterocycles. The van der Waals surface area contributed by atoms with Gasteiger partial charge in [0, 0.05) is 30.6 Å². The van der Waals surface area contributed by atoms with E-state index in [-0.39, 0.29) is 47.6 Å². The lowest BCUT2D eigenvalue weighted by atomic mass is 9.46.